The Hall–Kier alpha value is -3.21. The highest BCUT2D eigenvalue weighted by Gasteiger charge is 2.20. The number of ether oxygens (including phenoxy) is 1. The molecule has 0 saturated carbocycles. The van der Waals surface area contributed by atoms with Gasteiger partial charge in [0.1, 0.15) is 5.75 Å². The minimum Gasteiger partial charge on any atom is -0.410 e. The lowest BCUT2D eigenvalue weighted by molar-refractivity contribution is 0.215. The predicted octanol–water partition coefficient (Wildman–Crippen LogP) is 5.31. The summed E-state index contributed by atoms with van der Waals surface area (Å²) in [5, 5.41) is 2.79. The molecule has 1 aromatic heterocycles. The van der Waals surface area contributed by atoms with Gasteiger partial charge in [-0.2, -0.15) is 0 Å². The number of hydrogen-bond acceptors (Lipinski definition) is 3. The minimum atomic E-state index is -0.474. The summed E-state index contributed by atoms with van der Waals surface area (Å²) < 4.78 is 5.49. The van der Waals surface area contributed by atoms with Gasteiger partial charge in [0.25, 0.3) is 0 Å². The quantitative estimate of drug-likeness (QED) is 0.635. The average molecular weight is 375 g/mol. The Morgan fingerprint density at radius 3 is 2.71 bits per heavy atom. The molecule has 5 heteroatoms. The Kier molecular flexibility index (Phi) is 5.06. The van der Waals surface area contributed by atoms with E-state index in [9.17, 15) is 4.79 Å². The second-order valence-electron chi connectivity index (χ2n) is 7.45. The number of carbonyl (C=O) groups excluding carboxylic acids is 1. The van der Waals surface area contributed by atoms with Crippen LogP contribution in [0.3, 0.4) is 0 Å². The lowest BCUT2D eigenvalue weighted by Crippen LogP contribution is -2.19. The summed E-state index contributed by atoms with van der Waals surface area (Å²) in [6, 6.07) is 17.8. The summed E-state index contributed by atoms with van der Waals surface area (Å²) in [7, 11) is 0. The van der Waals surface area contributed by atoms with E-state index in [2.05, 4.69) is 35.1 Å². The molecule has 3 aromatic rings. The lowest BCUT2D eigenvalue weighted by Gasteiger charge is -2.18. The number of rotatable bonds is 5. The molecule has 0 fully saturated rings. The monoisotopic (exact) mass is 375 g/mol. The third kappa shape index (κ3) is 4.03. The third-order valence-corrected chi connectivity index (χ3v) is 5.10. The summed E-state index contributed by atoms with van der Waals surface area (Å²) in [6.45, 7) is 6.10. The fraction of sp³-hybridized carbons (Fsp3) is 0.261. The van der Waals surface area contributed by atoms with E-state index in [1.165, 1.54) is 22.5 Å². The number of amides is 1. The zero-order valence-electron chi connectivity index (χ0n) is 16.2. The van der Waals surface area contributed by atoms with Gasteiger partial charge in [-0.3, -0.25) is 5.32 Å². The van der Waals surface area contributed by atoms with Crippen LogP contribution in [0.1, 0.15) is 36.6 Å². The van der Waals surface area contributed by atoms with E-state index in [1.807, 2.05) is 54.7 Å². The molecule has 0 bridgehead atoms. The molecular formula is C23H25N3O2. The van der Waals surface area contributed by atoms with Crippen molar-refractivity contribution in [1.29, 1.82) is 0 Å². The molecule has 2 heterocycles. The van der Waals surface area contributed by atoms with Crippen LogP contribution in [0.15, 0.2) is 60.8 Å². The molecule has 1 aliphatic rings. The molecule has 2 N–H and O–H groups in total. The smallest absolute Gasteiger partial charge is 0.410 e. The molecule has 4 rings (SSSR count). The highest BCUT2D eigenvalue weighted by molar-refractivity contribution is 5.86. The highest BCUT2D eigenvalue weighted by Crippen LogP contribution is 2.32. The van der Waals surface area contributed by atoms with Gasteiger partial charge < -0.3 is 14.6 Å². The number of aromatic amines is 1. The van der Waals surface area contributed by atoms with Crippen LogP contribution in [0.25, 0.3) is 0 Å². The van der Waals surface area contributed by atoms with Crippen LogP contribution in [-0.2, 0) is 13.0 Å². The molecule has 0 spiro atoms. The minimum absolute atomic E-state index is 0.462. The number of hydrogen-bond donors (Lipinski definition) is 2. The van der Waals surface area contributed by atoms with Crippen LogP contribution in [-0.4, -0.2) is 17.6 Å². The standard InChI is InChI=1S/C23H25N3O2/c1-16(2)17-5-7-19(8-6-17)25-23(27)28-21-9-10-22-18(14-21)11-13-26(22)15-20-4-3-12-24-20/h3-10,12,14,16,24H,11,13,15H2,1-2H3,(H,25,27). The van der Waals surface area contributed by atoms with Gasteiger partial charge in [0, 0.05) is 29.8 Å². The van der Waals surface area contributed by atoms with Crippen molar-refractivity contribution >= 4 is 17.5 Å². The molecule has 0 aliphatic carbocycles. The summed E-state index contributed by atoms with van der Waals surface area (Å²) in [4.78, 5) is 17.8. The zero-order chi connectivity index (χ0) is 19.5. The number of nitrogens with zero attached hydrogens (tertiary/aromatic N) is 1. The maximum Gasteiger partial charge on any atom is 0.417 e. The van der Waals surface area contributed by atoms with E-state index in [1.54, 1.807) is 0 Å². The molecule has 0 unspecified atom stereocenters. The van der Waals surface area contributed by atoms with Gasteiger partial charge >= 0.3 is 6.09 Å². The lowest BCUT2D eigenvalue weighted by atomic mass is 10.0. The molecule has 5 nitrogen and oxygen atoms in total. The van der Waals surface area contributed by atoms with Crippen LogP contribution < -0.4 is 15.0 Å². The fourth-order valence-electron chi connectivity index (χ4n) is 3.55. The van der Waals surface area contributed by atoms with Gasteiger partial charge in [0.2, 0.25) is 0 Å². The molecule has 0 saturated heterocycles. The number of fused-ring (bicyclic) bond motifs is 1. The Balaban J connectivity index is 1.38. The molecule has 1 aliphatic heterocycles. The number of benzene rings is 2. The van der Waals surface area contributed by atoms with Crippen molar-refractivity contribution in [3.63, 3.8) is 0 Å². The third-order valence-electron chi connectivity index (χ3n) is 5.10. The van der Waals surface area contributed by atoms with Crippen LogP contribution in [0.2, 0.25) is 0 Å². The van der Waals surface area contributed by atoms with E-state index >= 15 is 0 Å². The van der Waals surface area contributed by atoms with Gasteiger partial charge in [0.15, 0.2) is 0 Å². The SMILES string of the molecule is CC(C)c1ccc(NC(=O)Oc2ccc3c(c2)CCN3Cc2ccc[nH]2)cc1. The second-order valence-corrected chi connectivity index (χ2v) is 7.45. The molecular weight excluding hydrogens is 350 g/mol. The molecule has 144 valence electrons. The number of nitrogens with one attached hydrogen (secondary N) is 2. The predicted molar refractivity (Wildman–Crippen MR) is 112 cm³/mol. The van der Waals surface area contributed by atoms with Crippen molar-refractivity contribution in [2.24, 2.45) is 0 Å². The largest absolute Gasteiger partial charge is 0.417 e. The fourth-order valence-corrected chi connectivity index (χ4v) is 3.55. The Labute approximate surface area is 165 Å². The summed E-state index contributed by atoms with van der Waals surface area (Å²) in [6.07, 6.45) is 2.42. The number of H-pyrrole nitrogens is 1. The van der Waals surface area contributed by atoms with Crippen LogP contribution >= 0.6 is 0 Å². The molecule has 1 amide bonds. The summed E-state index contributed by atoms with van der Waals surface area (Å²) >= 11 is 0. The zero-order valence-corrected chi connectivity index (χ0v) is 16.2. The van der Waals surface area contributed by atoms with Crippen molar-refractivity contribution < 1.29 is 9.53 Å². The first kappa shape index (κ1) is 18.2. The number of carbonyl (C=O) groups is 1. The van der Waals surface area contributed by atoms with Gasteiger partial charge in [-0.15, -0.1) is 0 Å². The Bertz CT molecular complexity index is 946. The number of anilines is 2. The molecule has 28 heavy (non-hydrogen) atoms. The summed E-state index contributed by atoms with van der Waals surface area (Å²) in [5.74, 6) is 1.03. The van der Waals surface area contributed by atoms with Crippen molar-refractivity contribution in [1.82, 2.24) is 4.98 Å². The Morgan fingerprint density at radius 2 is 2.00 bits per heavy atom. The average Bonchev–Trinajstić information content (AvgIpc) is 3.32. The van der Waals surface area contributed by atoms with E-state index in [0.717, 1.165) is 25.2 Å². The second kappa shape index (κ2) is 7.80. The van der Waals surface area contributed by atoms with Crippen LogP contribution in [0.4, 0.5) is 16.2 Å². The maximum absolute atomic E-state index is 12.2. The van der Waals surface area contributed by atoms with E-state index in [4.69, 9.17) is 4.74 Å². The molecule has 0 radical (unpaired) electrons. The summed E-state index contributed by atoms with van der Waals surface area (Å²) in [5.41, 5.74) is 5.56. The van der Waals surface area contributed by atoms with Crippen molar-refractivity contribution in [3.05, 3.63) is 77.6 Å². The van der Waals surface area contributed by atoms with Gasteiger partial charge in [-0.1, -0.05) is 26.0 Å². The first-order chi connectivity index (χ1) is 13.6. The molecule has 0 atom stereocenters. The van der Waals surface area contributed by atoms with Gasteiger partial charge in [0.05, 0.1) is 6.54 Å². The van der Waals surface area contributed by atoms with Crippen LogP contribution in [0.5, 0.6) is 5.75 Å². The first-order valence-electron chi connectivity index (χ1n) is 9.67. The Morgan fingerprint density at radius 1 is 1.18 bits per heavy atom. The molecule has 2 aromatic carbocycles. The van der Waals surface area contributed by atoms with E-state index in [-0.39, 0.29) is 0 Å². The van der Waals surface area contributed by atoms with Crippen molar-refractivity contribution in [2.45, 2.75) is 32.7 Å². The maximum atomic E-state index is 12.2. The van der Waals surface area contributed by atoms with Crippen LogP contribution in [0, 0.1) is 0 Å². The van der Waals surface area contributed by atoms with Crippen molar-refractivity contribution in [2.75, 3.05) is 16.8 Å². The topological polar surface area (TPSA) is 57.4 Å². The first-order valence-corrected chi connectivity index (χ1v) is 9.67. The van der Waals surface area contributed by atoms with E-state index < -0.39 is 6.09 Å². The number of aromatic nitrogens is 1. The van der Waals surface area contributed by atoms with Gasteiger partial charge in [-0.25, -0.2) is 4.79 Å². The van der Waals surface area contributed by atoms with Gasteiger partial charge in [-0.05, 0) is 65.9 Å². The van der Waals surface area contributed by atoms with Crippen molar-refractivity contribution in [3.8, 4) is 5.75 Å². The normalized spacial score (nSPS) is 12.9. The highest BCUT2D eigenvalue weighted by atomic mass is 16.6. The van der Waals surface area contributed by atoms with E-state index in [0.29, 0.717) is 11.7 Å².